The van der Waals surface area contributed by atoms with E-state index < -0.39 is 40.6 Å². The highest BCUT2D eigenvalue weighted by molar-refractivity contribution is 7.92. The van der Waals surface area contributed by atoms with Gasteiger partial charge in [-0.05, 0) is 87.1 Å². The summed E-state index contributed by atoms with van der Waals surface area (Å²) < 4.78 is 66.5. The molecule has 2 atom stereocenters. The zero-order valence-corrected chi connectivity index (χ0v) is 30.6. The summed E-state index contributed by atoms with van der Waals surface area (Å²) in [4.78, 5) is 43.6. The number of alkyl halides is 1. The lowest BCUT2D eigenvalue weighted by Crippen LogP contribution is -2.45. The Morgan fingerprint density at radius 1 is 0.981 bits per heavy atom. The summed E-state index contributed by atoms with van der Waals surface area (Å²) in [6.07, 6.45) is 1.34. The lowest BCUT2D eigenvalue weighted by molar-refractivity contribution is 0.0139. The first-order valence-electron chi connectivity index (χ1n) is 17.1. The molecule has 0 saturated carbocycles. The highest BCUT2D eigenvalue weighted by atomic mass is 32.2. The Balaban J connectivity index is 1.40. The number of fused-ring (bicyclic) bond motifs is 2. The monoisotopic (exact) mass is 736 g/mol. The van der Waals surface area contributed by atoms with Crippen LogP contribution in [0, 0.1) is 17.7 Å². The van der Waals surface area contributed by atoms with Gasteiger partial charge in [-0.25, -0.2) is 22.0 Å². The Hall–Kier alpha value is -4.98. The summed E-state index contributed by atoms with van der Waals surface area (Å²) in [5.41, 5.74) is 1.31. The lowest BCUT2D eigenvalue weighted by Gasteiger charge is -2.35. The molecule has 11 nitrogen and oxygen atoms in total. The SMILES string of the molecule is CNC(=O)c1c(-c2ccc(F)cc2)oc2cc(N(CCF)S(C)(=O)=O)c(-c3cccc(C(=O)N4CC5CCN(C(=O)OC(C)(C)C)CC5C4)c3)cc12. The van der Waals surface area contributed by atoms with E-state index in [1.807, 2.05) is 20.8 Å². The maximum absolute atomic E-state index is 14.0. The second-order valence-electron chi connectivity index (χ2n) is 14.3. The van der Waals surface area contributed by atoms with Crippen molar-refractivity contribution in [3.05, 3.63) is 77.6 Å². The standard InChI is InChI=1S/C38H42F2N4O7S/c1-38(2,3)51-37(47)42-15-13-26-20-43(22-27(26)21-42)36(46)25-8-6-7-24(17-25)29-18-30-32(19-31(29)44(16-14-39)52(5,48)49)50-34(33(30)35(45)41-4)23-9-11-28(40)12-10-23/h6-12,17-19,26-27H,13-16,20-22H2,1-5H3,(H,41,45). The number of benzene rings is 3. The van der Waals surface area contributed by atoms with Crippen LogP contribution in [0.2, 0.25) is 0 Å². The van der Waals surface area contributed by atoms with E-state index >= 15 is 0 Å². The van der Waals surface area contributed by atoms with Gasteiger partial charge in [-0.2, -0.15) is 0 Å². The molecule has 52 heavy (non-hydrogen) atoms. The van der Waals surface area contributed by atoms with E-state index in [0.717, 1.165) is 17.0 Å². The number of hydrogen-bond donors (Lipinski definition) is 1. The molecule has 1 N–H and O–H groups in total. The normalized spacial score (nSPS) is 17.6. The van der Waals surface area contributed by atoms with E-state index in [0.29, 0.717) is 53.8 Å². The maximum Gasteiger partial charge on any atom is 0.410 e. The van der Waals surface area contributed by atoms with Crippen molar-refractivity contribution in [2.75, 3.05) is 57.0 Å². The number of anilines is 1. The molecule has 3 aromatic carbocycles. The van der Waals surface area contributed by atoms with Gasteiger partial charge in [-0.15, -0.1) is 0 Å². The predicted octanol–water partition coefficient (Wildman–Crippen LogP) is 6.33. The maximum atomic E-state index is 14.0. The Morgan fingerprint density at radius 2 is 1.67 bits per heavy atom. The van der Waals surface area contributed by atoms with Crippen molar-refractivity contribution in [1.29, 1.82) is 0 Å². The third kappa shape index (κ3) is 7.48. The number of piperidine rings is 1. The number of nitrogens with zero attached hydrogens (tertiary/aromatic N) is 3. The van der Waals surface area contributed by atoms with Gasteiger partial charge in [0.1, 0.15) is 29.4 Å². The molecule has 0 spiro atoms. The van der Waals surface area contributed by atoms with Crippen molar-refractivity contribution >= 4 is 44.6 Å². The van der Waals surface area contributed by atoms with Crippen LogP contribution in [0.3, 0.4) is 0 Å². The first kappa shape index (κ1) is 36.8. The highest BCUT2D eigenvalue weighted by Crippen LogP contribution is 2.42. The van der Waals surface area contributed by atoms with Gasteiger partial charge in [0, 0.05) is 61.4 Å². The zero-order valence-electron chi connectivity index (χ0n) is 29.7. The topological polar surface area (TPSA) is 129 Å². The van der Waals surface area contributed by atoms with Crippen LogP contribution in [0.5, 0.6) is 0 Å². The van der Waals surface area contributed by atoms with Crippen LogP contribution in [-0.2, 0) is 14.8 Å². The lowest BCUT2D eigenvalue weighted by atomic mass is 9.89. The molecule has 1 aromatic heterocycles. The summed E-state index contributed by atoms with van der Waals surface area (Å²) in [6, 6.07) is 15.1. The molecule has 3 heterocycles. The number of nitrogens with one attached hydrogen (secondary N) is 1. The molecule has 0 aliphatic carbocycles. The van der Waals surface area contributed by atoms with Gasteiger partial charge in [-0.1, -0.05) is 12.1 Å². The number of amides is 3. The van der Waals surface area contributed by atoms with E-state index in [-0.39, 0.29) is 46.4 Å². The molecule has 2 saturated heterocycles. The number of hydrogen-bond acceptors (Lipinski definition) is 7. The zero-order chi connectivity index (χ0) is 37.5. The van der Waals surface area contributed by atoms with Gasteiger partial charge < -0.3 is 24.3 Å². The summed E-state index contributed by atoms with van der Waals surface area (Å²) >= 11 is 0. The quantitative estimate of drug-likeness (QED) is 0.224. The number of ether oxygens (including phenoxy) is 1. The molecule has 0 radical (unpaired) electrons. The van der Waals surface area contributed by atoms with Crippen molar-refractivity contribution in [2.45, 2.75) is 32.8 Å². The number of sulfonamides is 1. The summed E-state index contributed by atoms with van der Waals surface area (Å²) in [5, 5.41) is 2.94. The van der Waals surface area contributed by atoms with E-state index in [4.69, 9.17) is 9.15 Å². The molecule has 3 amide bonds. The molecular formula is C38H42F2N4O7S. The van der Waals surface area contributed by atoms with Gasteiger partial charge in [0.2, 0.25) is 10.0 Å². The van der Waals surface area contributed by atoms with Crippen molar-refractivity contribution in [1.82, 2.24) is 15.1 Å². The van der Waals surface area contributed by atoms with Crippen molar-refractivity contribution in [2.24, 2.45) is 11.8 Å². The molecule has 2 aliphatic heterocycles. The molecule has 276 valence electrons. The van der Waals surface area contributed by atoms with Crippen molar-refractivity contribution < 1.29 is 40.7 Å². The largest absolute Gasteiger partial charge is 0.455 e. The highest BCUT2D eigenvalue weighted by Gasteiger charge is 2.41. The van der Waals surface area contributed by atoms with Crippen LogP contribution < -0.4 is 9.62 Å². The Labute approximate surface area is 301 Å². The number of carbonyl (C=O) groups is 3. The fraction of sp³-hybridized carbons (Fsp3) is 0.395. The van der Waals surface area contributed by atoms with Crippen molar-refractivity contribution in [3.8, 4) is 22.5 Å². The minimum atomic E-state index is -4.01. The van der Waals surface area contributed by atoms with E-state index in [2.05, 4.69) is 5.32 Å². The van der Waals surface area contributed by atoms with Crippen molar-refractivity contribution in [3.63, 3.8) is 0 Å². The third-order valence-corrected chi connectivity index (χ3v) is 10.7. The number of furan rings is 1. The predicted molar refractivity (Wildman–Crippen MR) is 194 cm³/mol. The average molecular weight is 737 g/mol. The minimum absolute atomic E-state index is 0.0888. The second kappa shape index (κ2) is 14.2. The van der Waals surface area contributed by atoms with E-state index in [9.17, 15) is 31.6 Å². The van der Waals surface area contributed by atoms with E-state index in [1.165, 1.54) is 37.4 Å². The number of carbonyl (C=O) groups excluding carboxylic acids is 3. The summed E-state index contributed by atoms with van der Waals surface area (Å²) in [6.45, 7) is 6.03. The van der Waals surface area contributed by atoms with Crippen LogP contribution >= 0.6 is 0 Å². The Kier molecular flexibility index (Phi) is 10.1. The molecule has 2 unspecified atom stereocenters. The summed E-state index contributed by atoms with van der Waals surface area (Å²) in [5.74, 6) is -0.747. The molecule has 2 aliphatic rings. The molecule has 14 heteroatoms. The number of rotatable bonds is 8. The molecule has 0 bridgehead atoms. The minimum Gasteiger partial charge on any atom is -0.455 e. The summed E-state index contributed by atoms with van der Waals surface area (Å²) in [7, 11) is -2.56. The third-order valence-electron chi connectivity index (χ3n) is 9.48. The molecule has 6 rings (SSSR count). The average Bonchev–Trinajstić information content (AvgIpc) is 3.70. The van der Waals surface area contributed by atoms with E-state index in [1.54, 1.807) is 40.1 Å². The van der Waals surface area contributed by atoms with Gasteiger partial charge in [0.05, 0.1) is 24.1 Å². The van der Waals surface area contributed by atoms with Gasteiger partial charge in [0.15, 0.2) is 0 Å². The first-order valence-corrected chi connectivity index (χ1v) is 18.9. The molecular weight excluding hydrogens is 695 g/mol. The van der Waals surface area contributed by atoms with Crippen LogP contribution in [-0.4, -0.2) is 94.4 Å². The fourth-order valence-electron chi connectivity index (χ4n) is 7.10. The Bertz CT molecular complexity index is 2130. The Morgan fingerprint density at radius 3 is 2.33 bits per heavy atom. The smallest absolute Gasteiger partial charge is 0.410 e. The van der Waals surface area contributed by atoms with Crippen LogP contribution in [0.1, 0.15) is 47.9 Å². The fourth-order valence-corrected chi connectivity index (χ4v) is 8.00. The molecule has 2 fully saturated rings. The number of likely N-dealkylation sites (tertiary alicyclic amines) is 2. The van der Waals surface area contributed by atoms with Crippen LogP contribution in [0.4, 0.5) is 19.3 Å². The van der Waals surface area contributed by atoms with Gasteiger partial charge in [-0.3, -0.25) is 13.9 Å². The van der Waals surface area contributed by atoms with Crippen LogP contribution in [0.15, 0.2) is 65.1 Å². The van der Waals surface area contributed by atoms with Gasteiger partial charge >= 0.3 is 6.09 Å². The first-order chi connectivity index (χ1) is 24.6. The van der Waals surface area contributed by atoms with Crippen LogP contribution in [0.25, 0.3) is 33.4 Å². The van der Waals surface area contributed by atoms with Gasteiger partial charge in [0.25, 0.3) is 11.8 Å². The number of halogens is 2. The second-order valence-corrected chi connectivity index (χ2v) is 16.2. The molecule has 4 aromatic rings.